The first-order valence-electron chi connectivity index (χ1n) is 5.39. The minimum Gasteiger partial charge on any atom is -0.456 e. The minimum atomic E-state index is -0.0130. The molecule has 0 unspecified atom stereocenters. The summed E-state index contributed by atoms with van der Waals surface area (Å²) in [6.45, 7) is 1.94. The Morgan fingerprint density at radius 3 is 2.56 bits per heavy atom. The number of nitrogens with zero attached hydrogens (tertiary/aromatic N) is 1. The van der Waals surface area contributed by atoms with Gasteiger partial charge in [0.25, 0.3) is 0 Å². The quantitative estimate of drug-likeness (QED) is 0.868. The molecule has 0 amide bonds. The van der Waals surface area contributed by atoms with Crippen LogP contribution >= 0.6 is 31.9 Å². The molecule has 0 aliphatic rings. The molecule has 0 bridgehead atoms. The van der Waals surface area contributed by atoms with Gasteiger partial charge in [-0.2, -0.15) is 0 Å². The molecular weight excluding hydrogens is 360 g/mol. The number of aromatic nitrogens is 1. The van der Waals surface area contributed by atoms with Crippen LogP contribution in [0, 0.1) is 0 Å². The molecule has 1 atom stereocenters. The Balaban J connectivity index is 2.23. The molecule has 0 spiro atoms. The second-order valence-corrected chi connectivity index (χ2v) is 5.68. The van der Waals surface area contributed by atoms with E-state index in [1.807, 2.05) is 31.2 Å². The fourth-order valence-corrected chi connectivity index (χ4v) is 2.59. The smallest absolute Gasteiger partial charge is 0.146 e. The second kappa shape index (κ2) is 5.82. The zero-order valence-electron chi connectivity index (χ0n) is 9.73. The fourth-order valence-electron chi connectivity index (χ4n) is 1.52. The van der Waals surface area contributed by atoms with Crippen molar-refractivity contribution in [1.29, 1.82) is 0 Å². The zero-order valence-corrected chi connectivity index (χ0v) is 12.9. The van der Waals surface area contributed by atoms with Gasteiger partial charge in [0, 0.05) is 21.2 Å². The summed E-state index contributed by atoms with van der Waals surface area (Å²) in [5.41, 5.74) is 6.90. The molecule has 5 heteroatoms. The molecule has 0 saturated heterocycles. The molecule has 2 N–H and O–H groups in total. The predicted octanol–water partition coefficient (Wildman–Crippen LogP) is 4.42. The first-order chi connectivity index (χ1) is 8.56. The van der Waals surface area contributed by atoms with E-state index in [2.05, 4.69) is 36.8 Å². The van der Waals surface area contributed by atoms with Crippen molar-refractivity contribution in [2.75, 3.05) is 0 Å². The Hall–Kier alpha value is -0.910. The van der Waals surface area contributed by atoms with Crippen molar-refractivity contribution in [3.05, 3.63) is 51.2 Å². The van der Waals surface area contributed by atoms with Gasteiger partial charge >= 0.3 is 0 Å². The standard InChI is InChI=1S/C13H12Br2N2O/c1-8(16)12-3-2-10(5-13(12)15)18-11-4-9(14)6-17-7-11/h2-8H,16H2,1H3/t8-/m1/s1. The number of rotatable bonds is 3. The van der Waals surface area contributed by atoms with Gasteiger partial charge in [-0.3, -0.25) is 4.98 Å². The molecule has 3 nitrogen and oxygen atoms in total. The lowest BCUT2D eigenvalue weighted by atomic mass is 10.1. The van der Waals surface area contributed by atoms with E-state index in [9.17, 15) is 0 Å². The van der Waals surface area contributed by atoms with E-state index in [0.29, 0.717) is 5.75 Å². The van der Waals surface area contributed by atoms with Crippen molar-refractivity contribution < 1.29 is 4.74 Å². The average molecular weight is 372 g/mol. The maximum Gasteiger partial charge on any atom is 0.146 e. The maximum absolute atomic E-state index is 5.85. The predicted molar refractivity (Wildman–Crippen MR) is 78.8 cm³/mol. The molecule has 94 valence electrons. The molecule has 18 heavy (non-hydrogen) atoms. The Kier molecular flexibility index (Phi) is 4.37. The lowest BCUT2D eigenvalue weighted by Gasteiger charge is -2.11. The van der Waals surface area contributed by atoms with Crippen LogP contribution < -0.4 is 10.5 Å². The summed E-state index contributed by atoms with van der Waals surface area (Å²) in [6, 6.07) is 7.60. The van der Waals surface area contributed by atoms with Crippen LogP contribution in [0.3, 0.4) is 0 Å². The highest BCUT2D eigenvalue weighted by Crippen LogP contribution is 2.29. The van der Waals surface area contributed by atoms with Crippen LogP contribution in [0.1, 0.15) is 18.5 Å². The summed E-state index contributed by atoms with van der Waals surface area (Å²) in [5.74, 6) is 1.43. The third kappa shape index (κ3) is 3.31. The lowest BCUT2D eigenvalue weighted by molar-refractivity contribution is 0.479. The van der Waals surface area contributed by atoms with Crippen LogP contribution in [0.15, 0.2) is 45.6 Å². The number of pyridine rings is 1. The van der Waals surface area contributed by atoms with E-state index in [4.69, 9.17) is 10.5 Å². The Morgan fingerprint density at radius 2 is 1.94 bits per heavy atom. The Labute approximate surface area is 123 Å². The Morgan fingerprint density at radius 1 is 1.17 bits per heavy atom. The van der Waals surface area contributed by atoms with Crippen LogP contribution in [0.25, 0.3) is 0 Å². The fraction of sp³-hybridized carbons (Fsp3) is 0.154. The number of nitrogens with two attached hydrogens (primary N) is 1. The van der Waals surface area contributed by atoms with Crippen molar-refractivity contribution in [2.45, 2.75) is 13.0 Å². The van der Waals surface area contributed by atoms with Crippen LogP contribution in [0.2, 0.25) is 0 Å². The number of hydrogen-bond acceptors (Lipinski definition) is 3. The summed E-state index contributed by atoms with van der Waals surface area (Å²) in [5, 5.41) is 0. The van der Waals surface area contributed by atoms with E-state index in [-0.39, 0.29) is 6.04 Å². The third-order valence-electron chi connectivity index (χ3n) is 2.38. The molecule has 2 aromatic rings. The molecule has 0 radical (unpaired) electrons. The zero-order chi connectivity index (χ0) is 13.1. The van der Waals surface area contributed by atoms with Gasteiger partial charge in [-0.15, -0.1) is 0 Å². The van der Waals surface area contributed by atoms with Gasteiger partial charge in [0.2, 0.25) is 0 Å². The molecule has 1 heterocycles. The molecule has 1 aromatic carbocycles. The van der Waals surface area contributed by atoms with Gasteiger partial charge < -0.3 is 10.5 Å². The van der Waals surface area contributed by atoms with Gasteiger partial charge in [-0.25, -0.2) is 0 Å². The van der Waals surface area contributed by atoms with Crippen molar-refractivity contribution >= 4 is 31.9 Å². The van der Waals surface area contributed by atoms with Crippen LogP contribution in [-0.4, -0.2) is 4.98 Å². The SMILES string of the molecule is C[C@@H](N)c1ccc(Oc2cncc(Br)c2)cc1Br. The number of hydrogen-bond donors (Lipinski definition) is 1. The largest absolute Gasteiger partial charge is 0.456 e. The number of halogens is 2. The lowest BCUT2D eigenvalue weighted by Crippen LogP contribution is -2.05. The topological polar surface area (TPSA) is 48.1 Å². The number of ether oxygens (including phenoxy) is 1. The molecule has 2 rings (SSSR count). The molecular formula is C13H12Br2N2O. The van der Waals surface area contributed by atoms with Crippen molar-refractivity contribution in [3.63, 3.8) is 0 Å². The monoisotopic (exact) mass is 370 g/mol. The van der Waals surface area contributed by atoms with Gasteiger partial charge in [-0.05, 0) is 46.6 Å². The highest BCUT2D eigenvalue weighted by Gasteiger charge is 2.07. The average Bonchev–Trinajstić information content (AvgIpc) is 2.28. The van der Waals surface area contributed by atoms with Crippen molar-refractivity contribution in [1.82, 2.24) is 4.98 Å². The van der Waals surface area contributed by atoms with E-state index >= 15 is 0 Å². The first kappa shape index (κ1) is 13.5. The highest BCUT2D eigenvalue weighted by molar-refractivity contribution is 9.10. The van der Waals surface area contributed by atoms with E-state index in [0.717, 1.165) is 20.3 Å². The van der Waals surface area contributed by atoms with Crippen LogP contribution in [0.5, 0.6) is 11.5 Å². The Bertz CT molecular complexity index is 558. The number of benzene rings is 1. The second-order valence-electron chi connectivity index (χ2n) is 3.91. The van der Waals surface area contributed by atoms with E-state index in [1.165, 1.54) is 0 Å². The minimum absolute atomic E-state index is 0.0130. The molecule has 0 saturated carbocycles. The van der Waals surface area contributed by atoms with Crippen LogP contribution in [0.4, 0.5) is 0 Å². The molecule has 1 aromatic heterocycles. The summed E-state index contributed by atoms with van der Waals surface area (Å²) < 4.78 is 7.53. The van der Waals surface area contributed by atoms with Gasteiger partial charge in [0.05, 0.1) is 6.20 Å². The first-order valence-corrected chi connectivity index (χ1v) is 6.98. The summed E-state index contributed by atoms with van der Waals surface area (Å²) in [6.07, 6.45) is 3.38. The third-order valence-corrected chi connectivity index (χ3v) is 3.50. The summed E-state index contributed by atoms with van der Waals surface area (Å²) in [7, 11) is 0. The van der Waals surface area contributed by atoms with Gasteiger partial charge in [0.1, 0.15) is 11.5 Å². The van der Waals surface area contributed by atoms with Crippen molar-refractivity contribution in [2.24, 2.45) is 5.73 Å². The highest BCUT2D eigenvalue weighted by atomic mass is 79.9. The maximum atomic E-state index is 5.85. The summed E-state index contributed by atoms with van der Waals surface area (Å²) >= 11 is 6.84. The van der Waals surface area contributed by atoms with E-state index in [1.54, 1.807) is 12.4 Å². The van der Waals surface area contributed by atoms with Crippen molar-refractivity contribution in [3.8, 4) is 11.5 Å². The molecule has 0 aliphatic heterocycles. The van der Waals surface area contributed by atoms with Gasteiger partial charge in [0.15, 0.2) is 0 Å². The van der Waals surface area contributed by atoms with E-state index < -0.39 is 0 Å². The van der Waals surface area contributed by atoms with Crippen LogP contribution in [-0.2, 0) is 0 Å². The summed E-state index contributed by atoms with van der Waals surface area (Å²) in [4.78, 5) is 4.04. The molecule has 0 aliphatic carbocycles. The van der Waals surface area contributed by atoms with Gasteiger partial charge in [-0.1, -0.05) is 22.0 Å². The molecule has 0 fully saturated rings. The normalized spacial score (nSPS) is 12.2.